The molecule has 0 saturated carbocycles. The zero-order valence-corrected chi connectivity index (χ0v) is 13.3. The molecule has 0 unspecified atom stereocenters. The second-order valence-electron chi connectivity index (χ2n) is 5.59. The zero-order valence-electron chi connectivity index (χ0n) is 12.5. The van der Waals surface area contributed by atoms with Crippen molar-refractivity contribution in [3.63, 3.8) is 0 Å². The average Bonchev–Trinajstić information content (AvgIpc) is 2.90. The largest absolute Gasteiger partial charge is 0.0843 e. The van der Waals surface area contributed by atoms with Gasteiger partial charge in [0, 0.05) is 5.02 Å². The molecule has 0 aliphatic heterocycles. The van der Waals surface area contributed by atoms with Crippen LogP contribution in [0.15, 0.2) is 84.9 Å². The van der Waals surface area contributed by atoms with Crippen LogP contribution in [0.1, 0.15) is 16.7 Å². The maximum atomic E-state index is 6.04. The third kappa shape index (κ3) is 2.62. The first-order valence-electron chi connectivity index (χ1n) is 7.66. The molecule has 0 nitrogen and oxygen atoms in total. The Kier molecular flexibility index (Phi) is 3.61. The number of hydrogen-bond donors (Lipinski definition) is 0. The molecule has 0 N–H and O–H groups in total. The van der Waals surface area contributed by atoms with Crippen LogP contribution in [-0.2, 0) is 0 Å². The number of rotatable bonds is 2. The van der Waals surface area contributed by atoms with Gasteiger partial charge in [-0.3, -0.25) is 0 Å². The number of hydrogen-bond acceptors (Lipinski definition) is 0. The van der Waals surface area contributed by atoms with Crippen LogP contribution in [0.5, 0.6) is 0 Å². The van der Waals surface area contributed by atoms with Crippen molar-refractivity contribution < 1.29 is 0 Å². The molecule has 0 atom stereocenters. The standard InChI is InChI=1S/C22H15Cl/c23-17-9-5-7-16(15-17)8-6-14-22-20-12-3-1-10-18(20)19-11-2-4-13-21(19)22/h1-15H/b8-6+. The molecule has 23 heavy (non-hydrogen) atoms. The van der Waals surface area contributed by atoms with Gasteiger partial charge in [0.15, 0.2) is 0 Å². The van der Waals surface area contributed by atoms with Crippen LogP contribution in [0.2, 0.25) is 5.02 Å². The highest BCUT2D eigenvalue weighted by molar-refractivity contribution is 6.30. The molecule has 1 heteroatoms. The molecule has 1 aliphatic carbocycles. The number of halogens is 1. The summed E-state index contributed by atoms with van der Waals surface area (Å²) in [5, 5.41) is 0.761. The van der Waals surface area contributed by atoms with Gasteiger partial charge in [0.05, 0.1) is 0 Å². The Morgan fingerprint density at radius 1 is 0.652 bits per heavy atom. The first kappa shape index (κ1) is 14.0. The third-order valence-electron chi connectivity index (χ3n) is 4.12. The van der Waals surface area contributed by atoms with Crippen molar-refractivity contribution in [3.8, 4) is 11.1 Å². The summed E-state index contributed by atoms with van der Waals surface area (Å²) in [5.41, 5.74) is 7.59. The summed E-state index contributed by atoms with van der Waals surface area (Å²) in [4.78, 5) is 0. The number of allylic oxidation sites excluding steroid dienone is 2. The van der Waals surface area contributed by atoms with E-state index in [1.807, 2.05) is 18.2 Å². The molecule has 0 heterocycles. The highest BCUT2D eigenvalue weighted by Gasteiger charge is 2.21. The van der Waals surface area contributed by atoms with Crippen LogP contribution in [0.25, 0.3) is 22.8 Å². The molecule has 0 radical (unpaired) electrons. The molecule has 0 bridgehead atoms. The lowest BCUT2D eigenvalue weighted by molar-refractivity contribution is 1.65. The van der Waals surface area contributed by atoms with Gasteiger partial charge in [0.1, 0.15) is 0 Å². The van der Waals surface area contributed by atoms with Crippen LogP contribution in [0.4, 0.5) is 0 Å². The summed E-state index contributed by atoms with van der Waals surface area (Å²) in [6.07, 6.45) is 6.37. The molecule has 110 valence electrons. The molecule has 0 fully saturated rings. The first-order chi connectivity index (χ1) is 11.3. The third-order valence-corrected chi connectivity index (χ3v) is 4.36. The van der Waals surface area contributed by atoms with E-state index in [0.29, 0.717) is 0 Å². The molecule has 3 aromatic rings. The van der Waals surface area contributed by atoms with Crippen molar-refractivity contribution in [2.24, 2.45) is 0 Å². The van der Waals surface area contributed by atoms with E-state index in [-0.39, 0.29) is 0 Å². The van der Waals surface area contributed by atoms with Gasteiger partial charge >= 0.3 is 0 Å². The summed E-state index contributed by atoms with van der Waals surface area (Å²) >= 11 is 6.04. The second kappa shape index (κ2) is 5.91. The smallest absolute Gasteiger partial charge is 0.0411 e. The SMILES string of the molecule is Clc1cccc(/C=C/C=C2c3ccccc3-c3ccccc32)c1. The minimum Gasteiger partial charge on any atom is -0.0843 e. The van der Waals surface area contributed by atoms with Gasteiger partial charge < -0.3 is 0 Å². The van der Waals surface area contributed by atoms with Crippen molar-refractivity contribution >= 4 is 23.3 Å². The Bertz CT molecular complexity index is 884. The molecule has 0 spiro atoms. The summed E-state index contributed by atoms with van der Waals surface area (Å²) in [5.74, 6) is 0. The summed E-state index contributed by atoms with van der Waals surface area (Å²) in [6, 6.07) is 25.0. The van der Waals surface area contributed by atoms with E-state index >= 15 is 0 Å². The number of fused-ring (bicyclic) bond motifs is 3. The fraction of sp³-hybridized carbons (Fsp3) is 0. The predicted molar refractivity (Wildman–Crippen MR) is 99.4 cm³/mol. The fourth-order valence-electron chi connectivity index (χ4n) is 3.10. The van der Waals surface area contributed by atoms with Gasteiger partial charge in [0.25, 0.3) is 0 Å². The molecule has 0 amide bonds. The highest BCUT2D eigenvalue weighted by Crippen LogP contribution is 2.43. The van der Waals surface area contributed by atoms with Crippen molar-refractivity contribution in [1.82, 2.24) is 0 Å². The molecule has 3 aromatic carbocycles. The van der Waals surface area contributed by atoms with Crippen LogP contribution in [0, 0.1) is 0 Å². The van der Waals surface area contributed by atoms with Crippen molar-refractivity contribution in [3.05, 3.63) is 107 Å². The van der Waals surface area contributed by atoms with Crippen molar-refractivity contribution in [2.45, 2.75) is 0 Å². The Labute approximate surface area is 141 Å². The fourth-order valence-corrected chi connectivity index (χ4v) is 3.29. The average molecular weight is 315 g/mol. The van der Waals surface area contributed by atoms with Gasteiger partial charge in [-0.1, -0.05) is 90.5 Å². The van der Waals surface area contributed by atoms with Gasteiger partial charge in [-0.2, -0.15) is 0 Å². The maximum Gasteiger partial charge on any atom is 0.0411 e. The van der Waals surface area contributed by atoms with Gasteiger partial charge in [-0.15, -0.1) is 0 Å². The lowest BCUT2D eigenvalue weighted by Crippen LogP contribution is -1.79. The van der Waals surface area contributed by atoms with E-state index in [2.05, 4.69) is 72.8 Å². The van der Waals surface area contributed by atoms with E-state index in [1.165, 1.54) is 27.8 Å². The molecule has 4 rings (SSSR count). The van der Waals surface area contributed by atoms with Crippen LogP contribution < -0.4 is 0 Å². The predicted octanol–water partition coefficient (Wildman–Crippen LogP) is 6.47. The van der Waals surface area contributed by atoms with Crippen LogP contribution in [-0.4, -0.2) is 0 Å². The van der Waals surface area contributed by atoms with Crippen LogP contribution >= 0.6 is 11.6 Å². The lowest BCUT2D eigenvalue weighted by Gasteiger charge is -2.00. The van der Waals surface area contributed by atoms with E-state index in [0.717, 1.165) is 10.6 Å². The van der Waals surface area contributed by atoms with Crippen LogP contribution in [0.3, 0.4) is 0 Å². The lowest BCUT2D eigenvalue weighted by atomic mass is 10.0. The van der Waals surface area contributed by atoms with E-state index in [9.17, 15) is 0 Å². The summed E-state index contributed by atoms with van der Waals surface area (Å²) in [6.45, 7) is 0. The van der Waals surface area contributed by atoms with Gasteiger partial charge in [0.2, 0.25) is 0 Å². The second-order valence-corrected chi connectivity index (χ2v) is 6.02. The monoisotopic (exact) mass is 314 g/mol. The highest BCUT2D eigenvalue weighted by atomic mass is 35.5. The Morgan fingerprint density at radius 3 is 1.87 bits per heavy atom. The van der Waals surface area contributed by atoms with Crippen molar-refractivity contribution in [1.29, 1.82) is 0 Å². The Balaban J connectivity index is 1.76. The first-order valence-corrected chi connectivity index (χ1v) is 8.04. The minimum atomic E-state index is 0.761. The van der Waals surface area contributed by atoms with E-state index in [4.69, 9.17) is 11.6 Å². The quantitative estimate of drug-likeness (QED) is 0.398. The molecule has 0 aromatic heterocycles. The number of benzene rings is 3. The minimum absolute atomic E-state index is 0.761. The molecule has 0 saturated heterocycles. The molecule has 1 aliphatic rings. The van der Waals surface area contributed by atoms with E-state index < -0.39 is 0 Å². The Hall–Kier alpha value is -2.57. The van der Waals surface area contributed by atoms with Crippen molar-refractivity contribution in [2.75, 3.05) is 0 Å². The molecular weight excluding hydrogens is 300 g/mol. The molecular formula is C22H15Cl. The normalized spacial score (nSPS) is 12.3. The Morgan fingerprint density at radius 2 is 1.26 bits per heavy atom. The summed E-state index contributed by atoms with van der Waals surface area (Å²) in [7, 11) is 0. The van der Waals surface area contributed by atoms with Gasteiger partial charge in [-0.05, 0) is 45.5 Å². The van der Waals surface area contributed by atoms with E-state index in [1.54, 1.807) is 0 Å². The topological polar surface area (TPSA) is 0 Å². The zero-order chi connectivity index (χ0) is 15.6. The van der Waals surface area contributed by atoms with Gasteiger partial charge in [-0.25, -0.2) is 0 Å². The maximum absolute atomic E-state index is 6.04. The summed E-state index contributed by atoms with van der Waals surface area (Å²) < 4.78 is 0.